The van der Waals surface area contributed by atoms with Crippen molar-refractivity contribution in [1.82, 2.24) is 29.7 Å². The molecular formula is C10H10N6O. The Kier molecular flexibility index (Phi) is 2.30. The smallest absolute Gasteiger partial charge is 0.182 e. The molecule has 3 aromatic rings. The van der Waals surface area contributed by atoms with E-state index in [-0.39, 0.29) is 0 Å². The van der Waals surface area contributed by atoms with E-state index in [4.69, 9.17) is 4.74 Å². The zero-order valence-electron chi connectivity index (χ0n) is 9.16. The van der Waals surface area contributed by atoms with Crippen LogP contribution in [0.15, 0.2) is 24.9 Å². The van der Waals surface area contributed by atoms with Crippen molar-refractivity contribution in [2.24, 2.45) is 0 Å². The van der Waals surface area contributed by atoms with Crippen LogP contribution < -0.4 is 0 Å². The quantitative estimate of drug-likeness (QED) is 0.715. The molecule has 0 aliphatic carbocycles. The third kappa shape index (κ3) is 1.66. The third-order valence-corrected chi connectivity index (χ3v) is 2.36. The molecule has 0 radical (unpaired) electrons. The van der Waals surface area contributed by atoms with Crippen LogP contribution in [0, 0.1) is 0 Å². The SMILES string of the molecule is COCc1ccn(-c2ncnc3nc[nH]c23)n1. The highest BCUT2D eigenvalue weighted by atomic mass is 16.5. The number of ether oxygens (including phenoxy) is 1. The van der Waals surface area contributed by atoms with Gasteiger partial charge in [-0.05, 0) is 6.07 Å². The van der Waals surface area contributed by atoms with Gasteiger partial charge in [-0.1, -0.05) is 0 Å². The summed E-state index contributed by atoms with van der Waals surface area (Å²) in [6.45, 7) is 0.476. The first kappa shape index (κ1) is 9.91. The lowest BCUT2D eigenvalue weighted by molar-refractivity contribution is 0.181. The Balaban J connectivity index is 2.10. The zero-order valence-corrected chi connectivity index (χ0v) is 9.16. The lowest BCUT2D eigenvalue weighted by atomic mass is 10.5. The van der Waals surface area contributed by atoms with Gasteiger partial charge in [-0.2, -0.15) is 5.10 Å². The molecule has 0 unspecified atom stereocenters. The fourth-order valence-electron chi connectivity index (χ4n) is 1.63. The summed E-state index contributed by atoms with van der Waals surface area (Å²) >= 11 is 0. The highest BCUT2D eigenvalue weighted by molar-refractivity contribution is 5.77. The van der Waals surface area contributed by atoms with Crippen LogP contribution in [0.25, 0.3) is 17.0 Å². The van der Waals surface area contributed by atoms with E-state index in [9.17, 15) is 0 Å². The van der Waals surface area contributed by atoms with Gasteiger partial charge in [0.15, 0.2) is 11.5 Å². The van der Waals surface area contributed by atoms with Gasteiger partial charge in [0.05, 0.1) is 18.6 Å². The van der Waals surface area contributed by atoms with Crippen LogP contribution in [-0.4, -0.2) is 36.8 Å². The average molecular weight is 230 g/mol. The van der Waals surface area contributed by atoms with E-state index >= 15 is 0 Å². The van der Waals surface area contributed by atoms with E-state index in [1.165, 1.54) is 6.33 Å². The first-order valence-electron chi connectivity index (χ1n) is 5.06. The van der Waals surface area contributed by atoms with Gasteiger partial charge in [0, 0.05) is 13.3 Å². The Bertz CT molecular complexity index is 643. The minimum atomic E-state index is 0.476. The van der Waals surface area contributed by atoms with E-state index in [1.54, 1.807) is 18.1 Å². The molecule has 0 saturated heterocycles. The highest BCUT2D eigenvalue weighted by Gasteiger charge is 2.09. The predicted molar refractivity (Wildman–Crippen MR) is 59.5 cm³/mol. The summed E-state index contributed by atoms with van der Waals surface area (Å²) in [6, 6.07) is 1.88. The van der Waals surface area contributed by atoms with Crippen molar-refractivity contribution < 1.29 is 4.74 Å². The van der Waals surface area contributed by atoms with Gasteiger partial charge in [-0.25, -0.2) is 19.6 Å². The van der Waals surface area contributed by atoms with E-state index in [0.29, 0.717) is 18.1 Å². The molecule has 0 amide bonds. The van der Waals surface area contributed by atoms with E-state index in [1.807, 2.05) is 12.3 Å². The van der Waals surface area contributed by atoms with Crippen LogP contribution in [0.4, 0.5) is 0 Å². The van der Waals surface area contributed by atoms with Crippen molar-refractivity contribution in [3.05, 3.63) is 30.6 Å². The van der Waals surface area contributed by atoms with Crippen LogP contribution >= 0.6 is 0 Å². The van der Waals surface area contributed by atoms with E-state index < -0.39 is 0 Å². The number of imidazole rings is 1. The Morgan fingerprint density at radius 1 is 1.35 bits per heavy atom. The molecule has 7 nitrogen and oxygen atoms in total. The molecule has 17 heavy (non-hydrogen) atoms. The molecule has 0 spiro atoms. The molecule has 0 aliphatic rings. The Morgan fingerprint density at radius 3 is 3.18 bits per heavy atom. The number of hydrogen-bond acceptors (Lipinski definition) is 5. The summed E-state index contributed by atoms with van der Waals surface area (Å²) in [5.74, 6) is 0.676. The van der Waals surface area contributed by atoms with Crippen molar-refractivity contribution in [3.8, 4) is 5.82 Å². The first-order chi connectivity index (χ1) is 8.38. The van der Waals surface area contributed by atoms with Crippen molar-refractivity contribution in [3.63, 3.8) is 0 Å². The van der Waals surface area contributed by atoms with Gasteiger partial charge in [0.2, 0.25) is 0 Å². The lowest BCUT2D eigenvalue weighted by Crippen LogP contribution is -2.01. The average Bonchev–Trinajstić information content (AvgIpc) is 2.96. The number of aromatic nitrogens is 6. The molecule has 0 aliphatic heterocycles. The fourth-order valence-corrected chi connectivity index (χ4v) is 1.63. The van der Waals surface area contributed by atoms with Gasteiger partial charge in [-0.3, -0.25) is 0 Å². The minimum Gasteiger partial charge on any atom is -0.378 e. The summed E-state index contributed by atoms with van der Waals surface area (Å²) in [4.78, 5) is 15.3. The van der Waals surface area contributed by atoms with Crippen molar-refractivity contribution in [2.75, 3.05) is 7.11 Å². The predicted octanol–water partition coefficient (Wildman–Crippen LogP) is 0.685. The number of methoxy groups -OCH3 is 1. The Labute approximate surface area is 96.5 Å². The normalized spacial score (nSPS) is 11.1. The van der Waals surface area contributed by atoms with Gasteiger partial charge >= 0.3 is 0 Å². The number of aromatic amines is 1. The van der Waals surface area contributed by atoms with Crippen molar-refractivity contribution in [2.45, 2.75) is 6.61 Å². The summed E-state index contributed by atoms with van der Waals surface area (Å²) in [6.07, 6.45) is 4.88. The summed E-state index contributed by atoms with van der Waals surface area (Å²) < 4.78 is 6.70. The Morgan fingerprint density at radius 2 is 2.29 bits per heavy atom. The van der Waals surface area contributed by atoms with Gasteiger partial charge in [-0.15, -0.1) is 0 Å². The molecule has 0 fully saturated rings. The molecule has 1 N–H and O–H groups in total. The molecule has 0 bridgehead atoms. The molecule has 0 atom stereocenters. The largest absolute Gasteiger partial charge is 0.378 e. The van der Waals surface area contributed by atoms with Gasteiger partial charge in [0.25, 0.3) is 0 Å². The van der Waals surface area contributed by atoms with Gasteiger partial charge in [0.1, 0.15) is 11.8 Å². The summed E-state index contributed by atoms with van der Waals surface area (Å²) in [7, 11) is 1.64. The molecule has 3 rings (SSSR count). The second-order valence-corrected chi connectivity index (χ2v) is 3.48. The molecule has 3 aromatic heterocycles. The molecule has 86 valence electrons. The minimum absolute atomic E-state index is 0.476. The van der Waals surface area contributed by atoms with Crippen LogP contribution in [0.3, 0.4) is 0 Å². The van der Waals surface area contributed by atoms with Crippen LogP contribution in [-0.2, 0) is 11.3 Å². The van der Waals surface area contributed by atoms with Crippen LogP contribution in [0.5, 0.6) is 0 Å². The standard InChI is InChI=1S/C10H10N6O/c1-17-4-7-2-3-16(15-7)10-8-9(12-5-11-8)13-6-14-10/h2-3,5-6H,4H2,1H3,(H,11,12,13,14). The number of rotatable bonds is 3. The number of H-pyrrole nitrogens is 1. The lowest BCUT2D eigenvalue weighted by Gasteiger charge is -2.00. The third-order valence-electron chi connectivity index (χ3n) is 2.36. The van der Waals surface area contributed by atoms with E-state index in [0.717, 1.165) is 11.2 Å². The number of nitrogens with one attached hydrogen (secondary N) is 1. The van der Waals surface area contributed by atoms with Crippen LogP contribution in [0.2, 0.25) is 0 Å². The second kappa shape index (κ2) is 3.95. The summed E-state index contributed by atoms with van der Waals surface area (Å²) in [5.41, 5.74) is 2.23. The molecular weight excluding hydrogens is 220 g/mol. The number of nitrogens with zero attached hydrogens (tertiary/aromatic N) is 5. The number of fused-ring (bicyclic) bond motifs is 1. The highest BCUT2D eigenvalue weighted by Crippen LogP contribution is 2.13. The molecule has 0 saturated carbocycles. The number of hydrogen-bond donors (Lipinski definition) is 1. The van der Waals surface area contributed by atoms with Gasteiger partial charge < -0.3 is 9.72 Å². The maximum absolute atomic E-state index is 5.02. The molecule has 0 aromatic carbocycles. The Hall–Kier alpha value is -2.28. The van der Waals surface area contributed by atoms with E-state index in [2.05, 4.69) is 25.0 Å². The summed E-state index contributed by atoms with van der Waals surface area (Å²) in [5, 5.41) is 4.35. The zero-order chi connectivity index (χ0) is 11.7. The van der Waals surface area contributed by atoms with Crippen molar-refractivity contribution in [1.29, 1.82) is 0 Å². The van der Waals surface area contributed by atoms with Crippen LogP contribution in [0.1, 0.15) is 5.69 Å². The maximum atomic E-state index is 5.02. The first-order valence-corrected chi connectivity index (χ1v) is 5.06. The molecule has 3 heterocycles. The maximum Gasteiger partial charge on any atom is 0.182 e. The molecule has 7 heteroatoms. The second-order valence-electron chi connectivity index (χ2n) is 3.48. The fraction of sp³-hybridized carbons (Fsp3) is 0.200. The van der Waals surface area contributed by atoms with Crippen molar-refractivity contribution >= 4 is 11.2 Å². The monoisotopic (exact) mass is 230 g/mol. The topological polar surface area (TPSA) is 81.5 Å².